The maximum atomic E-state index is 13.5. The van der Waals surface area contributed by atoms with Gasteiger partial charge in [0.1, 0.15) is 0 Å². The molecule has 1 aliphatic heterocycles. The second kappa shape index (κ2) is 8.25. The molecule has 2 rings (SSSR count). The van der Waals surface area contributed by atoms with Gasteiger partial charge in [0.05, 0.1) is 0 Å². The molecular formula is C17H24F2N2. The fourth-order valence-electron chi connectivity index (χ4n) is 2.90. The van der Waals surface area contributed by atoms with Gasteiger partial charge in [-0.25, -0.2) is 8.78 Å². The second-order valence-electron chi connectivity index (χ2n) is 5.55. The molecule has 2 nitrogen and oxygen atoms in total. The smallest absolute Gasteiger partial charge is 0.159 e. The quantitative estimate of drug-likeness (QED) is 0.610. The molecule has 0 saturated carbocycles. The number of nitrogens with zero attached hydrogens (tertiary/aromatic N) is 1. The van der Waals surface area contributed by atoms with Crippen molar-refractivity contribution in [3.63, 3.8) is 0 Å². The first-order valence-electron chi connectivity index (χ1n) is 7.73. The Balaban J connectivity index is 2.09. The maximum absolute atomic E-state index is 13.5. The van der Waals surface area contributed by atoms with E-state index in [1.165, 1.54) is 12.1 Å². The molecule has 1 saturated heterocycles. The van der Waals surface area contributed by atoms with Gasteiger partial charge in [0, 0.05) is 32.2 Å². The average Bonchev–Trinajstić information content (AvgIpc) is 2.51. The third-order valence-corrected chi connectivity index (χ3v) is 4.06. The lowest BCUT2D eigenvalue weighted by Crippen LogP contribution is -2.45. The van der Waals surface area contributed by atoms with E-state index in [4.69, 9.17) is 0 Å². The predicted molar refractivity (Wildman–Crippen MR) is 82.2 cm³/mol. The van der Waals surface area contributed by atoms with Gasteiger partial charge in [-0.3, -0.25) is 4.90 Å². The summed E-state index contributed by atoms with van der Waals surface area (Å²) < 4.78 is 26.7. The molecule has 4 heteroatoms. The van der Waals surface area contributed by atoms with E-state index in [-0.39, 0.29) is 6.04 Å². The van der Waals surface area contributed by atoms with Crippen LogP contribution in [-0.2, 0) is 0 Å². The van der Waals surface area contributed by atoms with Crippen molar-refractivity contribution in [1.82, 2.24) is 10.2 Å². The van der Waals surface area contributed by atoms with Gasteiger partial charge < -0.3 is 5.32 Å². The van der Waals surface area contributed by atoms with Crippen molar-refractivity contribution >= 4 is 0 Å². The third kappa shape index (κ3) is 4.61. The topological polar surface area (TPSA) is 15.3 Å². The van der Waals surface area contributed by atoms with E-state index in [1.807, 2.05) is 6.08 Å². The highest BCUT2D eigenvalue weighted by molar-refractivity contribution is 5.21. The van der Waals surface area contributed by atoms with Crippen molar-refractivity contribution in [2.24, 2.45) is 0 Å². The zero-order valence-electron chi connectivity index (χ0n) is 12.5. The molecule has 0 spiro atoms. The molecule has 1 N–H and O–H groups in total. The Morgan fingerprint density at radius 3 is 2.62 bits per heavy atom. The van der Waals surface area contributed by atoms with Crippen molar-refractivity contribution < 1.29 is 8.78 Å². The Labute approximate surface area is 125 Å². The minimum Gasteiger partial charge on any atom is -0.314 e. The summed E-state index contributed by atoms with van der Waals surface area (Å²) in [4.78, 5) is 2.37. The Morgan fingerprint density at radius 2 is 1.95 bits per heavy atom. The number of rotatable bonds is 7. The highest BCUT2D eigenvalue weighted by Gasteiger charge is 2.22. The van der Waals surface area contributed by atoms with Crippen molar-refractivity contribution in [1.29, 1.82) is 0 Å². The standard InChI is InChI=1S/C17H24F2N2/c1-2-3-4-5-6-17(21-11-9-20-10-12-21)14-7-8-15(18)16(19)13-14/h2,7-8,13,17,20H,1,3-6,9-12H2/t17-/m1/s1. The van der Waals surface area contributed by atoms with Gasteiger partial charge in [-0.15, -0.1) is 6.58 Å². The molecule has 1 aromatic rings. The minimum absolute atomic E-state index is 0.173. The second-order valence-corrected chi connectivity index (χ2v) is 5.55. The van der Waals surface area contributed by atoms with Gasteiger partial charge in [-0.2, -0.15) is 0 Å². The Kier molecular flexibility index (Phi) is 6.33. The Bertz CT molecular complexity index is 456. The fraction of sp³-hybridized carbons (Fsp3) is 0.529. The van der Waals surface area contributed by atoms with Gasteiger partial charge in [0.25, 0.3) is 0 Å². The molecule has 116 valence electrons. The van der Waals surface area contributed by atoms with Crippen molar-refractivity contribution in [3.8, 4) is 0 Å². The summed E-state index contributed by atoms with van der Waals surface area (Å²) in [6.45, 7) is 7.54. The molecule has 0 bridgehead atoms. The normalized spacial score (nSPS) is 17.6. The van der Waals surface area contributed by atoms with Crippen molar-refractivity contribution in [3.05, 3.63) is 48.1 Å². The van der Waals surface area contributed by atoms with Crippen LogP contribution in [0.15, 0.2) is 30.9 Å². The molecule has 1 heterocycles. The van der Waals surface area contributed by atoms with Crippen LogP contribution in [0, 0.1) is 11.6 Å². The van der Waals surface area contributed by atoms with Crippen molar-refractivity contribution in [2.45, 2.75) is 31.7 Å². The number of halogens is 2. The number of piperazine rings is 1. The summed E-state index contributed by atoms with van der Waals surface area (Å²) in [6.07, 6.45) is 6.07. The van der Waals surface area contributed by atoms with Crippen molar-refractivity contribution in [2.75, 3.05) is 26.2 Å². The summed E-state index contributed by atoms with van der Waals surface area (Å²) in [5, 5.41) is 3.33. The molecule has 1 aromatic carbocycles. The summed E-state index contributed by atoms with van der Waals surface area (Å²) in [5.41, 5.74) is 0.884. The first-order valence-corrected chi connectivity index (χ1v) is 7.73. The predicted octanol–water partition coefficient (Wildman–Crippen LogP) is 3.66. The monoisotopic (exact) mass is 294 g/mol. The molecular weight excluding hydrogens is 270 g/mol. The number of hydrogen-bond donors (Lipinski definition) is 1. The zero-order chi connectivity index (χ0) is 15.1. The van der Waals surface area contributed by atoms with Crippen LogP contribution in [0.5, 0.6) is 0 Å². The van der Waals surface area contributed by atoms with E-state index in [1.54, 1.807) is 6.07 Å². The van der Waals surface area contributed by atoms with Crippen LogP contribution in [0.25, 0.3) is 0 Å². The third-order valence-electron chi connectivity index (χ3n) is 4.06. The van der Waals surface area contributed by atoms with Crippen LogP contribution in [0.2, 0.25) is 0 Å². The lowest BCUT2D eigenvalue weighted by molar-refractivity contribution is 0.162. The molecule has 0 unspecified atom stereocenters. The van der Waals surface area contributed by atoms with E-state index in [9.17, 15) is 8.78 Å². The fourth-order valence-corrected chi connectivity index (χ4v) is 2.90. The molecule has 1 fully saturated rings. The van der Waals surface area contributed by atoms with Crippen LogP contribution in [0.4, 0.5) is 8.78 Å². The Morgan fingerprint density at radius 1 is 1.19 bits per heavy atom. The van der Waals surface area contributed by atoms with Gasteiger partial charge in [-0.05, 0) is 37.0 Å². The van der Waals surface area contributed by atoms with Gasteiger partial charge in [0.15, 0.2) is 11.6 Å². The lowest BCUT2D eigenvalue weighted by Gasteiger charge is -2.35. The number of nitrogens with one attached hydrogen (secondary N) is 1. The lowest BCUT2D eigenvalue weighted by atomic mass is 9.98. The van der Waals surface area contributed by atoms with Gasteiger partial charge in [-0.1, -0.05) is 18.6 Å². The van der Waals surface area contributed by atoms with E-state index in [0.29, 0.717) is 0 Å². The molecule has 0 amide bonds. The molecule has 0 aromatic heterocycles. The van der Waals surface area contributed by atoms with Gasteiger partial charge in [0.2, 0.25) is 0 Å². The number of benzene rings is 1. The summed E-state index contributed by atoms with van der Waals surface area (Å²) in [5.74, 6) is -1.52. The first kappa shape index (κ1) is 16.1. The van der Waals surface area contributed by atoms with E-state index < -0.39 is 11.6 Å². The molecule has 1 atom stereocenters. The molecule has 0 aliphatic carbocycles. The van der Waals surface area contributed by atoms with Crippen LogP contribution in [0.3, 0.4) is 0 Å². The summed E-state index contributed by atoms with van der Waals surface area (Å²) in [6, 6.07) is 4.49. The largest absolute Gasteiger partial charge is 0.314 e. The maximum Gasteiger partial charge on any atom is 0.159 e. The molecule has 1 aliphatic rings. The summed E-state index contributed by atoms with van der Waals surface area (Å²) in [7, 11) is 0. The van der Waals surface area contributed by atoms with E-state index >= 15 is 0 Å². The van der Waals surface area contributed by atoms with E-state index in [2.05, 4.69) is 16.8 Å². The average molecular weight is 294 g/mol. The SMILES string of the molecule is C=CCCCC[C@H](c1ccc(F)c(F)c1)N1CCNCC1. The van der Waals surface area contributed by atoms with E-state index in [0.717, 1.165) is 57.4 Å². The number of allylic oxidation sites excluding steroid dienone is 1. The number of hydrogen-bond acceptors (Lipinski definition) is 2. The minimum atomic E-state index is -0.774. The summed E-state index contributed by atoms with van der Waals surface area (Å²) >= 11 is 0. The number of unbranched alkanes of at least 4 members (excludes halogenated alkanes) is 2. The van der Waals surface area contributed by atoms with Gasteiger partial charge >= 0.3 is 0 Å². The first-order chi connectivity index (χ1) is 10.2. The Hall–Kier alpha value is -1.26. The highest BCUT2D eigenvalue weighted by Crippen LogP contribution is 2.28. The van der Waals surface area contributed by atoms with Crippen LogP contribution in [-0.4, -0.2) is 31.1 Å². The van der Waals surface area contributed by atoms with Crippen LogP contribution in [0.1, 0.15) is 37.3 Å². The molecule has 21 heavy (non-hydrogen) atoms. The molecule has 0 radical (unpaired) electrons. The van der Waals surface area contributed by atoms with Crippen LogP contribution < -0.4 is 5.32 Å². The zero-order valence-corrected chi connectivity index (χ0v) is 12.5. The van der Waals surface area contributed by atoms with Crippen LogP contribution >= 0.6 is 0 Å². The highest BCUT2D eigenvalue weighted by atomic mass is 19.2.